The lowest BCUT2D eigenvalue weighted by atomic mass is 9.77. The van der Waals surface area contributed by atoms with Gasteiger partial charge in [-0.05, 0) is 62.5 Å². The predicted octanol–water partition coefficient (Wildman–Crippen LogP) is 5.77. The van der Waals surface area contributed by atoms with Crippen LogP contribution >= 0.6 is 0 Å². The summed E-state index contributed by atoms with van der Waals surface area (Å²) >= 11 is 0. The number of fused-ring (bicyclic) bond motifs is 1. The minimum atomic E-state index is -4.01. The lowest BCUT2D eigenvalue weighted by molar-refractivity contribution is -0.148. The van der Waals surface area contributed by atoms with Crippen LogP contribution < -0.4 is 19.5 Å². The normalized spacial score (nSPS) is 24.2. The van der Waals surface area contributed by atoms with Crippen LogP contribution in [0.15, 0.2) is 67.3 Å². The average molecular weight is 828 g/mol. The zero-order valence-corrected chi connectivity index (χ0v) is 35.6. The summed E-state index contributed by atoms with van der Waals surface area (Å²) in [6, 6.07) is 15.9. The SMILES string of the molecule is C=C[C@@H]1C[C@]1(NC(=O)[C@@H]1C[C@@H](Oc2cc(-c3ccccc3)nc3cc(OC)ccc23)CN1C(=O)[C@@H](CC(=O)N1CCCCC1)C(C)(C)C)C(=O)NS(=O)(=O)C1(CC)CC1. The van der Waals surface area contributed by atoms with E-state index >= 15 is 0 Å². The van der Waals surface area contributed by atoms with E-state index in [4.69, 9.17) is 14.5 Å². The molecule has 0 radical (unpaired) electrons. The fourth-order valence-electron chi connectivity index (χ4n) is 8.73. The molecule has 316 valence electrons. The Morgan fingerprint density at radius 1 is 1.03 bits per heavy atom. The van der Waals surface area contributed by atoms with Crippen LogP contribution in [0.4, 0.5) is 0 Å². The summed E-state index contributed by atoms with van der Waals surface area (Å²) in [6.07, 6.45) is 5.24. The van der Waals surface area contributed by atoms with Crippen molar-refractivity contribution >= 4 is 44.6 Å². The van der Waals surface area contributed by atoms with Crippen LogP contribution in [0.5, 0.6) is 11.5 Å². The summed E-state index contributed by atoms with van der Waals surface area (Å²) < 4.78 is 40.3. The van der Waals surface area contributed by atoms with Gasteiger partial charge in [-0.25, -0.2) is 13.4 Å². The number of carbonyl (C=O) groups excluding carboxylic acids is 4. The van der Waals surface area contributed by atoms with Crippen LogP contribution in [-0.4, -0.2) is 96.0 Å². The standard InChI is InChI=1S/C45H57N5O8S/c1-7-30-27-45(30,42(54)48-59(55,56)44(8-2)19-20-44)47-40(52)37-24-32(28-50(37)41(53)34(43(3,4)5)25-39(51)49-21-13-10-14-22-49)58-38-26-35(29-15-11-9-12-16-29)46-36-23-31(57-6)17-18-33(36)38/h7,9,11-12,15-18,23,26,30,32,34,37H,1,8,10,13-14,19-22,24-25,27-28H2,2-6H3,(H,47,52)(H,48,54)/t30-,32-,34-,37+,45-/m1/s1. The number of methoxy groups -OCH3 is 1. The van der Waals surface area contributed by atoms with Crippen molar-refractivity contribution < 1.29 is 37.1 Å². The van der Waals surface area contributed by atoms with Gasteiger partial charge in [0.2, 0.25) is 27.7 Å². The fraction of sp³-hybridized carbons (Fsp3) is 0.533. The molecule has 7 rings (SSSR count). The maximum absolute atomic E-state index is 14.9. The lowest BCUT2D eigenvalue weighted by Crippen LogP contribution is -2.58. The van der Waals surface area contributed by atoms with Crippen LogP contribution in [0.3, 0.4) is 0 Å². The van der Waals surface area contributed by atoms with Crippen molar-refractivity contribution in [2.24, 2.45) is 17.3 Å². The molecule has 1 aromatic heterocycles. The van der Waals surface area contributed by atoms with E-state index in [9.17, 15) is 27.6 Å². The summed E-state index contributed by atoms with van der Waals surface area (Å²) in [5.74, 6) is -2.04. The van der Waals surface area contributed by atoms with E-state index in [2.05, 4.69) is 16.6 Å². The predicted molar refractivity (Wildman–Crippen MR) is 225 cm³/mol. The first-order chi connectivity index (χ1) is 28.0. The molecule has 3 aromatic rings. The van der Waals surface area contributed by atoms with Gasteiger partial charge in [-0.3, -0.25) is 23.9 Å². The van der Waals surface area contributed by atoms with Crippen molar-refractivity contribution in [1.29, 1.82) is 0 Å². The third-order valence-electron chi connectivity index (χ3n) is 12.9. The summed E-state index contributed by atoms with van der Waals surface area (Å²) in [5.41, 5.74) is -0.0398. The largest absolute Gasteiger partial charge is 0.497 e. The number of benzene rings is 2. The maximum atomic E-state index is 14.9. The van der Waals surface area contributed by atoms with E-state index in [0.717, 1.165) is 24.8 Å². The second kappa shape index (κ2) is 16.2. The Morgan fingerprint density at radius 3 is 2.36 bits per heavy atom. The molecule has 2 aromatic carbocycles. The Labute approximate surface area is 347 Å². The molecule has 0 unspecified atom stereocenters. The molecule has 2 saturated carbocycles. The number of hydrogen-bond donors (Lipinski definition) is 2. The minimum Gasteiger partial charge on any atom is -0.497 e. The number of nitrogens with zero attached hydrogens (tertiary/aromatic N) is 3. The first kappa shape index (κ1) is 42.2. The molecule has 2 saturated heterocycles. The number of rotatable bonds is 14. The topological polar surface area (TPSA) is 164 Å². The summed E-state index contributed by atoms with van der Waals surface area (Å²) in [7, 11) is -2.42. The van der Waals surface area contributed by atoms with Gasteiger partial charge in [-0.1, -0.05) is 64.1 Å². The number of ether oxygens (including phenoxy) is 2. The molecular formula is C45H57N5O8S. The Kier molecular flexibility index (Phi) is 11.6. The van der Waals surface area contributed by atoms with Crippen molar-refractivity contribution in [3.05, 3.63) is 67.3 Å². The molecule has 2 aliphatic heterocycles. The molecule has 5 atom stereocenters. The first-order valence-corrected chi connectivity index (χ1v) is 22.3. The van der Waals surface area contributed by atoms with Crippen LogP contribution in [0.25, 0.3) is 22.2 Å². The van der Waals surface area contributed by atoms with E-state index in [1.807, 2.05) is 80.3 Å². The zero-order chi connectivity index (χ0) is 42.3. The molecule has 2 aliphatic carbocycles. The van der Waals surface area contributed by atoms with Crippen LogP contribution in [-0.2, 0) is 29.2 Å². The molecule has 4 amide bonds. The summed E-state index contributed by atoms with van der Waals surface area (Å²) in [6.45, 7) is 12.7. The quantitative estimate of drug-likeness (QED) is 0.192. The highest BCUT2D eigenvalue weighted by molar-refractivity contribution is 7.91. The van der Waals surface area contributed by atoms with E-state index < -0.39 is 61.5 Å². The first-order valence-electron chi connectivity index (χ1n) is 20.9. The highest BCUT2D eigenvalue weighted by atomic mass is 32.2. The second-order valence-corrected chi connectivity index (χ2v) is 19.9. The van der Waals surface area contributed by atoms with Gasteiger partial charge in [0.05, 0.1) is 35.5 Å². The maximum Gasteiger partial charge on any atom is 0.259 e. The Bertz CT molecular complexity index is 2230. The van der Waals surface area contributed by atoms with Crippen molar-refractivity contribution in [3.63, 3.8) is 0 Å². The van der Waals surface area contributed by atoms with Gasteiger partial charge in [0, 0.05) is 54.9 Å². The van der Waals surface area contributed by atoms with Crippen molar-refractivity contribution in [2.75, 3.05) is 26.7 Å². The summed E-state index contributed by atoms with van der Waals surface area (Å²) in [4.78, 5) is 65.4. The molecular weight excluding hydrogens is 771 g/mol. The van der Waals surface area contributed by atoms with Crippen LogP contribution in [0.2, 0.25) is 0 Å². The van der Waals surface area contributed by atoms with Gasteiger partial charge in [0.15, 0.2) is 0 Å². The molecule has 2 N–H and O–H groups in total. The number of aromatic nitrogens is 1. The third kappa shape index (κ3) is 8.42. The van der Waals surface area contributed by atoms with E-state index in [1.165, 1.54) is 4.90 Å². The number of likely N-dealkylation sites (tertiary alicyclic amines) is 2. The third-order valence-corrected chi connectivity index (χ3v) is 15.2. The molecule has 59 heavy (non-hydrogen) atoms. The van der Waals surface area contributed by atoms with Gasteiger partial charge in [-0.2, -0.15) is 0 Å². The Morgan fingerprint density at radius 2 is 1.75 bits per heavy atom. The molecule has 4 fully saturated rings. The fourth-order valence-corrected chi connectivity index (χ4v) is 10.4. The highest BCUT2D eigenvalue weighted by Gasteiger charge is 2.63. The van der Waals surface area contributed by atoms with E-state index in [-0.39, 0.29) is 37.6 Å². The molecule has 4 aliphatic rings. The number of pyridine rings is 1. The number of amides is 4. The smallest absolute Gasteiger partial charge is 0.259 e. The number of carbonyl (C=O) groups is 4. The van der Waals surface area contributed by atoms with Gasteiger partial charge in [0.25, 0.3) is 5.91 Å². The lowest BCUT2D eigenvalue weighted by Gasteiger charge is -2.36. The minimum absolute atomic E-state index is 0.0160. The number of sulfonamides is 1. The van der Waals surface area contributed by atoms with Crippen LogP contribution in [0, 0.1) is 17.3 Å². The Balaban J connectivity index is 1.21. The molecule has 14 heteroatoms. The number of hydrogen-bond acceptors (Lipinski definition) is 9. The zero-order valence-electron chi connectivity index (χ0n) is 34.8. The van der Waals surface area contributed by atoms with Gasteiger partial charge < -0.3 is 24.6 Å². The van der Waals surface area contributed by atoms with E-state index in [0.29, 0.717) is 60.4 Å². The highest BCUT2D eigenvalue weighted by Crippen LogP contribution is 2.49. The monoisotopic (exact) mass is 827 g/mol. The molecule has 13 nitrogen and oxygen atoms in total. The van der Waals surface area contributed by atoms with E-state index in [1.54, 1.807) is 20.1 Å². The Hall–Kier alpha value is -4.98. The molecule has 0 bridgehead atoms. The van der Waals surface area contributed by atoms with Gasteiger partial charge in [-0.15, -0.1) is 6.58 Å². The van der Waals surface area contributed by atoms with Gasteiger partial charge >= 0.3 is 0 Å². The number of piperidine rings is 1. The second-order valence-electron chi connectivity index (χ2n) is 17.8. The van der Waals surface area contributed by atoms with Gasteiger partial charge in [0.1, 0.15) is 29.2 Å². The molecule has 3 heterocycles. The molecule has 0 spiro atoms. The van der Waals surface area contributed by atoms with Crippen molar-refractivity contribution in [2.45, 2.75) is 108 Å². The van der Waals surface area contributed by atoms with Crippen LogP contribution in [0.1, 0.15) is 85.5 Å². The van der Waals surface area contributed by atoms with Crippen molar-refractivity contribution in [3.8, 4) is 22.8 Å². The average Bonchev–Trinajstić information content (AvgIpc) is 4.14. The van der Waals surface area contributed by atoms with Crippen molar-refractivity contribution in [1.82, 2.24) is 24.8 Å². The summed E-state index contributed by atoms with van der Waals surface area (Å²) in [5, 5.41) is 3.61. The number of nitrogens with one attached hydrogen (secondary N) is 2.